The van der Waals surface area contributed by atoms with Crippen LogP contribution in [0.4, 0.5) is 0 Å². The average Bonchev–Trinajstić information content (AvgIpc) is 2.89. The third-order valence-electron chi connectivity index (χ3n) is 4.52. The maximum absolute atomic E-state index is 12.5. The maximum atomic E-state index is 12.5. The summed E-state index contributed by atoms with van der Waals surface area (Å²) in [5, 5.41) is 4.40. The Morgan fingerprint density at radius 2 is 1.87 bits per heavy atom. The van der Waals surface area contributed by atoms with E-state index in [0.29, 0.717) is 19.6 Å². The molecular formula is C17H22N4O2. The lowest BCUT2D eigenvalue weighted by Crippen LogP contribution is -2.38. The molecule has 0 unspecified atom stereocenters. The number of aryl methyl sites for hydroxylation is 1. The van der Waals surface area contributed by atoms with Crippen molar-refractivity contribution in [2.24, 2.45) is 7.05 Å². The van der Waals surface area contributed by atoms with Gasteiger partial charge in [0.2, 0.25) is 0 Å². The minimum atomic E-state index is -0.0645. The molecule has 1 amide bonds. The van der Waals surface area contributed by atoms with Crippen LogP contribution in [-0.2, 0) is 13.6 Å². The second-order valence-electron chi connectivity index (χ2n) is 5.94. The summed E-state index contributed by atoms with van der Waals surface area (Å²) in [6, 6.07) is 9.37. The molecule has 0 saturated carbocycles. The first-order chi connectivity index (χ1) is 11.1. The van der Waals surface area contributed by atoms with E-state index in [1.54, 1.807) is 11.6 Å². The zero-order valence-corrected chi connectivity index (χ0v) is 13.6. The summed E-state index contributed by atoms with van der Waals surface area (Å²) >= 11 is 0. The van der Waals surface area contributed by atoms with Gasteiger partial charge in [0.1, 0.15) is 5.82 Å². The van der Waals surface area contributed by atoms with Gasteiger partial charge in [-0.25, -0.2) is 9.48 Å². The van der Waals surface area contributed by atoms with Crippen LogP contribution < -0.4 is 5.69 Å². The first-order valence-corrected chi connectivity index (χ1v) is 8.10. The van der Waals surface area contributed by atoms with Gasteiger partial charge in [-0.1, -0.05) is 18.2 Å². The SMILES string of the molecule is CCn1c(C2CCN(C(=O)c3ccccc3)CC2)nn(C)c1=O. The van der Waals surface area contributed by atoms with Crippen LogP contribution >= 0.6 is 0 Å². The van der Waals surface area contributed by atoms with Crippen LogP contribution in [0.15, 0.2) is 35.1 Å². The normalized spacial score (nSPS) is 15.8. The second kappa shape index (κ2) is 6.40. The molecule has 1 saturated heterocycles. The van der Waals surface area contributed by atoms with E-state index >= 15 is 0 Å². The van der Waals surface area contributed by atoms with Crippen molar-refractivity contribution in [1.29, 1.82) is 0 Å². The van der Waals surface area contributed by atoms with Gasteiger partial charge < -0.3 is 4.90 Å². The fourth-order valence-corrected chi connectivity index (χ4v) is 3.23. The Labute approximate surface area is 135 Å². The van der Waals surface area contributed by atoms with Gasteiger partial charge >= 0.3 is 5.69 Å². The number of piperidine rings is 1. The zero-order chi connectivity index (χ0) is 16.4. The monoisotopic (exact) mass is 314 g/mol. The van der Waals surface area contributed by atoms with Gasteiger partial charge in [0.25, 0.3) is 5.91 Å². The van der Waals surface area contributed by atoms with Crippen molar-refractivity contribution < 1.29 is 4.79 Å². The van der Waals surface area contributed by atoms with Crippen molar-refractivity contribution in [3.8, 4) is 0 Å². The Balaban J connectivity index is 1.71. The van der Waals surface area contributed by atoms with E-state index in [1.165, 1.54) is 4.68 Å². The molecule has 0 spiro atoms. The van der Waals surface area contributed by atoms with Gasteiger partial charge in [0.05, 0.1) is 0 Å². The van der Waals surface area contributed by atoms with Gasteiger partial charge in [0.15, 0.2) is 0 Å². The first-order valence-electron chi connectivity index (χ1n) is 8.10. The number of amides is 1. The molecule has 6 heteroatoms. The van der Waals surface area contributed by atoms with E-state index in [0.717, 1.165) is 24.2 Å². The predicted octanol–water partition coefficient (Wildman–Crippen LogP) is 1.62. The molecular weight excluding hydrogens is 292 g/mol. The number of benzene rings is 1. The van der Waals surface area contributed by atoms with E-state index in [-0.39, 0.29) is 17.5 Å². The third-order valence-corrected chi connectivity index (χ3v) is 4.52. The van der Waals surface area contributed by atoms with Crippen molar-refractivity contribution in [1.82, 2.24) is 19.2 Å². The van der Waals surface area contributed by atoms with Crippen molar-refractivity contribution in [2.45, 2.75) is 32.2 Å². The van der Waals surface area contributed by atoms with Crippen LogP contribution in [0.25, 0.3) is 0 Å². The molecule has 0 radical (unpaired) electrons. The van der Waals surface area contributed by atoms with Crippen LogP contribution in [0, 0.1) is 0 Å². The molecule has 1 aliphatic rings. The highest BCUT2D eigenvalue weighted by molar-refractivity contribution is 5.94. The molecule has 1 fully saturated rings. The Bertz CT molecular complexity index is 740. The summed E-state index contributed by atoms with van der Waals surface area (Å²) in [6.07, 6.45) is 1.68. The molecule has 0 bridgehead atoms. The number of aromatic nitrogens is 3. The van der Waals surface area contributed by atoms with Crippen LogP contribution in [0.5, 0.6) is 0 Å². The van der Waals surface area contributed by atoms with Crippen molar-refractivity contribution in [3.05, 3.63) is 52.2 Å². The minimum Gasteiger partial charge on any atom is -0.339 e. The molecule has 0 aliphatic carbocycles. The van der Waals surface area contributed by atoms with E-state index in [9.17, 15) is 9.59 Å². The Kier molecular flexibility index (Phi) is 4.32. The molecule has 6 nitrogen and oxygen atoms in total. The number of rotatable bonds is 3. The summed E-state index contributed by atoms with van der Waals surface area (Å²) in [5.41, 5.74) is 0.666. The number of carbonyl (C=O) groups excluding carboxylic acids is 1. The van der Waals surface area contributed by atoms with Crippen LogP contribution in [0.1, 0.15) is 41.9 Å². The fourth-order valence-electron chi connectivity index (χ4n) is 3.23. The van der Waals surface area contributed by atoms with Crippen molar-refractivity contribution >= 4 is 5.91 Å². The van der Waals surface area contributed by atoms with Gasteiger partial charge in [-0.05, 0) is 31.9 Å². The summed E-state index contributed by atoms with van der Waals surface area (Å²) < 4.78 is 3.14. The van der Waals surface area contributed by atoms with Crippen molar-refractivity contribution in [3.63, 3.8) is 0 Å². The van der Waals surface area contributed by atoms with Crippen LogP contribution in [0.3, 0.4) is 0 Å². The highest BCUT2D eigenvalue weighted by Crippen LogP contribution is 2.26. The number of hydrogen-bond acceptors (Lipinski definition) is 3. The van der Waals surface area contributed by atoms with Gasteiger partial charge in [-0.3, -0.25) is 9.36 Å². The van der Waals surface area contributed by atoms with E-state index in [4.69, 9.17) is 0 Å². The highest BCUT2D eigenvalue weighted by Gasteiger charge is 2.28. The molecule has 23 heavy (non-hydrogen) atoms. The minimum absolute atomic E-state index is 0.0645. The quantitative estimate of drug-likeness (QED) is 0.865. The lowest BCUT2D eigenvalue weighted by molar-refractivity contribution is 0.0710. The number of hydrogen-bond donors (Lipinski definition) is 0. The Morgan fingerprint density at radius 3 is 2.48 bits per heavy atom. The largest absolute Gasteiger partial charge is 0.345 e. The number of likely N-dealkylation sites (tertiary alicyclic amines) is 1. The maximum Gasteiger partial charge on any atom is 0.345 e. The predicted molar refractivity (Wildman–Crippen MR) is 87.5 cm³/mol. The first kappa shape index (κ1) is 15.5. The molecule has 0 atom stereocenters. The average molecular weight is 314 g/mol. The Morgan fingerprint density at radius 1 is 1.22 bits per heavy atom. The summed E-state index contributed by atoms with van der Waals surface area (Å²) in [7, 11) is 1.69. The molecule has 1 aromatic heterocycles. The lowest BCUT2D eigenvalue weighted by atomic mass is 9.95. The molecule has 2 heterocycles. The molecule has 0 N–H and O–H groups in total. The summed E-state index contributed by atoms with van der Waals surface area (Å²) in [4.78, 5) is 26.4. The van der Waals surface area contributed by atoms with Crippen LogP contribution in [0.2, 0.25) is 0 Å². The highest BCUT2D eigenvalue weighted by atomic mass is 16.2. The van der Waals surface area contributed by atoms with Crippen LogP contribution in [-0.4, -0.2) is 38.2 Å². The van der Waals surface area contributed by atoms with E-state index in [1.807, 2.05) is 42.2 Å². The summed E-state index contributed by atoms with van der Waals surface area (Å²) in [6.45, 7) is 3.99. The summed E-state index contributed by atoms with van der Waals surface area (Å²) in [5.74, 6) is 1.17. The number of carbonyl (C=O) groups is 1. The van der Waals surface area contributed by atoms with E-state index in [2.05, 4.69) is 5.10 Å². The third kappa shape index (κ3) is 2.93. The zero-order valence-electron chi connectivity index (χ0n) is 13.6. The molecule has 1 aliphatic heterocycles. The Hall–Kier alpha value is -2.37. The lowest BCUT2D eigenvalue weighted by Gasteiger charge is -2.31. The standard InChI is InChI=1S/C17H22N4O2/c1-3-21-15(18-19(2)17(21)23)13-9-11-20(12-10-13)16(22)14-7-5-4-6-8-14/h4-8,13H,3,9-12H2,1-2H3. The van der Waals surface area contributed by atoms with Gasteiger partial charge in [-0.15, -0.1) is 0 Å². The van der Waals surface area contributed by atoms with Gasteiger partial charge in [0, 0.05) is 38.2 Å². The smallest absolute Gasteiger partial charge is 0.339 e. The molecule has 1 aromatic carbocycles. The molecule has 2 aromatic rings. The van der Waals surface area contributed by atoms with Gasteiger partial charge in [-0.2, -0.15) is 5.10 Å². The van der Waals surface area contributed by atoms with Crippen molar-refractivity contribution in [2.75, 3.05) is 13.1 Å². The molecule has 122 valence electrons. The fraction of sp³-hybridized carbons (Fsp3) is 0.471. The molecule has 3 rings (SSSR count). The topological polar surface area (TPSA) is 60.1 Å². The number of nitrogens with zero attached hydrogens (tertiary/aromatic N) is 4. The second-order valence-corrected chi connectivity index (χ2v) is 5.94. The van der Waals surface area contributed by atoms with E-state index < -0.39 is 0 Å².